The molecule has 19 heavy (non-hydrogen) atoms. The summed E-state index contributed by atoms with van der Waals surface area (Å²) in [6.45, 7) is 9.13. The molecule has 0 aromatic carbocycles. The minimum atomic E-state index is 0.712. The van der Waals surface area contributed by atoms with Crippen LogP contribution >= 0.6 is 11.8 Å². The SMILES string of the molecule is CC/C=C\S[C@H](C(C)C)[C@@H]1CC=CC=C1C.CNC. The molecule has 0 saturated heterocycles. The number of allylic oxidation sites excluding steroid dienone is 5. The van der Waals surface area contributed by atoms with Crippen molar-refractivity contribution in [3.63, 3.8) is 0 Å². The van der Waals surface area contributed by atoms with Crippen LogP contribution in [-0.2, 0) is 0 Å². The predicted molar refractivity (Wildman–Crippen MR) is 91.6 cm³/mol. The van der Waals surface area contributed by atoms with E-state index in [1.54, 1.807) is 5.57 Å². The number of hydrogen-bond acceptors (Lipinski definition) is 2. The molecule has 1 nitrogen and oxygen atoms in total. The van der Waals surface area contributed by atoms with Crippen molar-refractivity contribution in [1.29, 1.82) is 0 Å². The van der Waals surface area contributed by atoms with E-state index in [4.69, 9.17) is 0 Å². The van der Waals surface area contributed by atoms with Crippen LogP contribution in [0, 0.1) is 11.8 Å². The molecule has 0 unspecified atom stereocenters. The van der Waals surface area contributed by atoms with Gasteiger partial charge in [0.1, 0.15) is 0 Å². The van der Waals surface area contributed by atoms with Gasteiger partial charge in [0.05, 0.1) is 0 Å². The molecule has 2 atom stereocenters. The maximum atomic E-state index is 2.75. The fraction of sp³-hybridized carbons (Fsp3) is 0.647. The van der Waals surface area contributed by atoms with Crippen LogP contribution in [0.3, 0.4) is 0 Å². The lowest BCUT2D eigenvalue weighted by atomic mass is 9.85. The summed E-state index contributed by atoms with van der Waals surface area (Å²) < 4.78 is 0. The van der Waals surface area contributed by atoms with Gasteiger partial charge in [0.2, 0.25) is 0 Å². The third-order valence-electron chi connectivity index (χ3n) is 3.09. The van der Waals surface area contributed by atoms with Crippen LogP contribution in [0.1, 0.15) is 40.5 Å². The van der Waals surface area contributed by atoms with Gasteiger partial charge in [-0.1, -0.05) is 50.6 Å². The van der Waals surface area contributed by atoms with E-state index >= 15 is 0 Å². The smallest absolute Gasteiger partial charge is 0.0180 e. The zero-order chi connectivity index (χ0) is 14.7. The van der Waals surface area contributed by atoms with E-state index in [0.29, 0.717) is 5.25 Å². The Balaban J connectivity index is 0.000000982. The van der Waals surface area contributed by atoms with E-state index in [0.717, 1.165) is 18.3 Å². The normalized spacial score (nSPS) is 20.2. The molecule has 0 bridgehead atoms. The summed E-state index contributed by atoms with van der Waals surface area (Å²) in [4.78, 5) is 0. The summed E-state index contributed by atoms with van der Waals surface area (Å²) in [7, 11) is 3.75. The first kappa shape index (κ1) is 18.5. The highest BCUT2D eigenvalue weighted by molar-refractivity contribution is 8.02. The molecule has 0 saturated carbocycles. The van der Waals surface area contributed by atoms with Crippen LogP contribution in [0.15, 0.2) is 35.3 Å². The third kappa shape index (κ3) is 7.64. The lowest BCUT2D eigenvalue weighted by molar-refractivity contribution is 0.476. The van der Waals surface area contributed by atoms with Crippen molar-refractivity contribution >= 4 is 11.8 Å². The molecule has 1 aliphatic rings. The van der Waals surface area contributed by atoms with Crippen molar-refractivity contribution in [2.24, 2.45) is 11.8 Å². The van der Waals surface area contributed by atoms with Gasteiger partial charge in [-0.3, -0.25) is 0 Å². The maximum Gasteiger partial charge on any atom is 0.0180 e. The van der Waals surface area contributed by atoms with Gasteiger partial charge < -0.3 is 5.32 Å². The Hall–Kier alpha value is -0.470. The highest BCUT2D eigenvalue weighted by Gasteiger charge is 2.25. The van der Waals surface area contributed by atoms with E-state index in [1.165, 1.54) is 6.42 Å². The van der Waals surface area contributed by atoms with Crippen molar-refractivity contribution in [3.8, 4) is 0 Å². The van der Waals surface area contributed by atoms with Crippen LogP contribution in [0.2, 0.25) is 0 Å². The molecule has 0 aromatic heterocycles. The van der Waals surface area contributed by atoms with Gasteiger partial charge >= 0.3 is 0 Å². The summed E-state index contributed by atoms with van der Waals surface area (Å²) >= 11 is 2.01. The number of rotatable bonds is 5. The molecule has 0 amide bonds. The van der Waals surface area contributed by atoms with E-state index in [9.17, 15) is 0 Å². The van der Waals surface area contributed by atoms with Crippen molar-refractivity contribution in [3.05, 3.63) is 35.3 Å². The van der Waals surface area contributed by atoms with E-state index < -0.39 is 0 Å². The van der Waals surface area contributed by atoms with Crippen LogP contribution < -0.4 is 5.32 Å². The minimum Gasteiger partial charge on any atom is -0.323 e. The Kier molecular flexibility index (Phi) is 11.1. The van der Waals surface area contributed by atoms with Gasteiger partial charge in [0.15, 0.2) is 0 Å². The average molecular weight is 282 g/mol. The fourth-order valence-electron chi connectivity index (χ4n) is 2.11. The Bertz CT molecular complexity index is 302. The Morgan fingerprint density at radius 3 is 2.53 bits per heavy atom. The first-order chi connectivity index (χ1) is 9.08. The quantitative estimate of drug-likeness (QED) is 0.759. The lowest BCUT2D eigenvalue weighted by Gasteiger charge is -2.30. The fourth-order valence-corrected chi connectivity index (χ4v) is 3.42. The van der Waals surface area contributed by atoms with Gasteiger partial charge in [-0.05, 0) is 51.1 Å². The Morgan fingerprint density at radius 2 is 2.05 bits per heavy atom. The van der Waals surface area contributed by atoms with Crippen molar-refractivity contribution in [1.82, 2.24) is 5.32 Å². The van der Waals surface area contributed by atoms with Crippen LogP contribution in [0.4, 0.5) is 0 Å². The summed E-state index contributed by atoms with van der Waals surface area (Å²) in [6.07, 6.45) is 11.4. The molecule has 0 aromatic rings. The molecule has 110 valence electrons. The van der Waals surface area contributed by atoms with Gasteiger partial charge in [-0.25, -0.2) is 0 Å². The minimum absolute atomic E-state index is 0.712. The lowest BCUT2D eigenvalue weighted by Crippen LogP contribution is -2.24. The summed E-state index contributed by atoms with van der Waals surface area (Å²) in [6, 6.07) is 0. The maximum absolute atomic E-state index is 2.75. The molecular formula is C17H31NS. The molecule has 0 aliphatic heterocycles. The second-order valence-electron chi connectivity index (χ2n) is 5.31. The van der Waals surface area contributed by atoms with Gasteiger partial charge in [-0.2, -0.15) is 0 Å². The standard InChI is InChI=1S/C15H24S.C2H7N/c1-5-6-11-16-15(12(2)3)14-10-8-7-9-13(14)4;1-3-2/h6-9,11-12,14-15H,5,10H2,1-4H3;3H,1-2H3/b11-6-;/t14-,15-;/m1./s1. The van der Waals surface area contributed by atoms with Crippen molar-refractivity contribution < 1.29 is 0 Å². The number of thioether (sulfide) groups is 1. The molecule has 2 heteroatoms. The molecule has 0 heterocycles. The van der Waals surface area contributed by atoms with E-state index in [2.05, 4.69) is 62.7 Å². The van der Waals surface area contributed by atoms with Crippen LogP contribution in [0.5, 0.6) is 0 Å². The summed E-state index contributed by atoms with van der Waals surface area (Å²) in [5.41, 5.74) is 1.54. The molecule has 1 N–H and O–H groups in total. The Morgan fingerprint density at radius 1 is 1.42 bits per heavy atom. The van der Waals surface area contributed by atoms with E-state index in [1.807, 2.05) is 25.9 Å². The largest absolute Gasteiger partial charge is 0.323 e. The molecule has 0 fully saturated rings. The van der Waals surface area contributed by atoms with E-state index in [-0.39, 0.29) is 0 Å². The van der Waals surface area contributed by atoms with Crippen LogP contribution in [-0.4, -0.2) is 19.3 Å². The second-order valence-corrected chi connectivity index (χ2v) is 6.39. The molecular weight excluding hydrogens is 250 g/mol. The van der Waals surface area contributed by atoms with Crippen molar-refractivity contribution in [2.45, 2.75) is 45.8 Å². The zero-order valence-corrected chi connectivity index (χ0v) is 14.3. The molecule has 1 rings (SSSR count). The number of nitrogens with one attached hydrogen (secondary N) is 1. The number of hydrogen-bond donors (Lipinski definition) is 1. The van der Waals surface area contributed by atoms with Crippen LogP contribution in [0.25, 0.3) is 0 Å². The summed E-state index contributed by atoms with van der Waals surface area (Å²) in [5, 5.41) is 5.75. The van der Waals surface area contributed by atoms with Gasteiger partial charge in [0, 0.05) is 5.25 Å². The highest BCUT2D eigenvalue weighted by atomic mass is 32.2. The second kappa shape index (κ2) is 11.4. The molecule has 0 radical (unpaired) electrons. The molecule has 0 spiro atoms. The third-order valence-corrected chi connectivity index (χ3v) is 4.63. The first-order valence-electron chi connectivity index (χ1n) is 7.30. The Labute approximate surface area is 124 Å². The predicted octanol–water partition coefficient (Wildman–Crippen LogP) is 5.03. The van der Waals surface area contributed by atoms with Gasteiger partial charge in [0.25, 0.3) is 0 Å². The average Bonchev–Trinajstić information content (AvgIpc) is 2.37. The zero-order valence-electron chi connectivity index (χ0n) is 13.4. The van der Waals surface area contributed by atoms with Gasteiger partial charge in [-0.15, -0.1) is 11.8 Å². The monoisotopic (exact) mass is 281 g/mol. The first-order valence-corrected chi connectivity index (χ1v) is 8.24. The summed E-state index contributed by atoms with van der Waals surface area (Å²) in [5.74, 6) is 1.45. The van der Waals surface area contributed by atoms with Crippen molar-refractivity contribution in [2.75, 3.05) is 14.1 Å². The highest BCUT2D eigenvalue weighted by Crippen LogP contribution is 2.36. The topological polar surface area (TPSA) is 12.0 Å². The molecule has 1 aliphatic carbocycles.